The Morgan fingerprint density at radius 1 is 1.07 bits per heavy atom. The summed E-state index contributed by atoms with van der Waals surface area (Å²) in [7, 11) is 0. The molecule has 1 aliphatic heterocycles. The summed E-state index contributed by atoms with van der Waals surface area (Å²) in [5, 5.41) is 8.88. The minimum atomic E-state index is -0.302. The summed E-state index contributed by atoms with van der Waals surface area (Å²) in [6.07, 6.45) is 1.69. The molecule has 0 saturated carbocycles. The van der Waals surface area contributed by atoms with E-state index in [9.17, 15) is 9.18 Å². The number of aromatic nitrogens is 2. The molecule has 28 heavy (non-hydrogen) atoms. The number of benzene rings is 2. The maximum Gasteiger partial charge on any atom is 0.247 e. The molecule has 2 heterocycles. The molecule has 0 aliphatic carbocycles. The number of ketones is 1. The quantitative estimate of drug-likeness (QED) is 0.587. The van der Waals surface area contributed by atoms with E-state index in [1.807, 2.05) is 0 Å². The van der Waals surface area contributed by atoms with Crippen LogP contribution in [0.15, 0.2) is 52.9 Å². The summed E-state index contributed by atoms with van der Waals surface area (Å²) in [6, 6.07) is 13.0. The fourth-order valence-electron chi connectivity index (χ4n) is 3.38. The summed E-state index contributed by atoms with van der Waals surface area (Å²) >= 11 is 5.87. The van der Waals surface area contributed by atoms with Gasteiger partial charge in [0.15, 0.2) is 5.78 Å². The van der Waals surface area contributed by atoms with Gasteiger partial charge in [-0.15, -0.1) is 10.2 Å². The van der Waals surface area contributed by atoms with Crippen LogP contribution in [-0.4, -0.2) is 40.5 Å². The van der Waals surface area contributed by atoms with E-state index in [4.69, 9.17) is 16.0 Å². The first-order chi connectivity index (χ1) is 13.6. The summed E-state index contributed by atoms with van der Waals surface area (Å²) in [5.74, 6) is 0.956. The standard InChI is InChI=1S/C21H19ClFN3O2/c22-17-5-1-14(2-6-17)19(27)13-26-11-9-16(10-12-26)21-25-24-20(28-21)15-3-7-18(23)8-4-15/h1-8,16H,9-13H2. The van der Waals surface area contributed by atoms with Crippen LogP contribution in [0.25, 0.3) is 11.5 Å². The van der Waals surface area contributed by atoms with Crippen molar-refractivity contribution in [1.29, 1.82) is 0 Å². The Hall–Kier alpha value is -2.57. The van der Waals surface area contributed by atoms with Crippen LogP contribution in [0.3, 0.4) is 0 Å². The van der Waals surface area contributed by atoms with E-state index in [-0.39, 0.29) is 17.5 Å². The van der Waals surface area contributed by atoms with Crippen LogP contribution in [0.4, 0.5) is 4.39 Å². The highest BCUT2D eigenvalue weighted by molar-refractivity contribution is 6.30. The van der Waals surface area contributed by atoms with Gasteiger partial charge in [-0.1, -0.05) is 11.6 Å². The third kappa shape index (κ3) is 4.29. The Labute approximate surface area is 167 Å². The van der Waals surface area contributed by atoms with Gasteiger partial charge in [0.2, 0.25) is 11.8 Å². The second-order valence-corrected chi connectivity index (χ2v) is 7.37. The van der Waals surface area contributed by atoms with Gasteiger partial charge in [-0.25, -0.2) is 4.39 Å². The normalized spacial score (nSPS) is 15.6. The Balaban J connectivity index is 1.33. The number of Topliss-reactive ketones (excluding diaryl/α,β-unsaturated/α-hetero) is 1. The molecule has 5 nitrogen and oxygen atoms in total. The first-order valence-electron chi connectivity index (χ1n) is 9.19. The second kappa shape index (κ2) is 8.20. The first-order valence-corrected chi connectivity index (χ1v) is 9.57. The molecule has 4 rings (SSSR count). The van der Waals surface area contributed by atoms with Gasteiger partial charge in [0, 0.05) is 22.1 Å². The molecule has 144 valence electrons. The van der Waals surface area contributed by atoms with Crippen LogP contribution < -0.4 is 0 Å². The molecule has 0 atom stereocenters. The van der Waals surface area contributed by atoms with Crippen LogP contribution in [-0.2, 0) is 0 Å². The zero-order valence-corrected chi connectivity index (χ0v) is 15.9. The topological polar surface area (TPSA) is 59.2 Å². The third-order valence-electron chi connectivity index (χ3n) is 5.00. The number of hydrogen-bond acceptors (Lipinski definition) is 5. The number of halogens is 2. The summed E-state index contributed by atoms with van der Waals surface area (Å²) in [4.78, 5) is 14.6. The van der Waals surface area contributed by atoms with Crippen molar-refractivity contribution in [1.82, 2.24) is 15.1 Å². The second-order valence-electron chi connectivity index (χ2n) is 6.93. The summed E-state index contributed by atoms with van der Waals surface area (Å²) in [6.45, 7) is 1.97. The zero-order valence-electron chi connectivity index (χ0n) is 15.1. The minimum Gasteiger partial charge on any atom is -0.420 e. The van der Waals surface area contributed by atoms with Crippen molar-refractivity contribution in [3.8, 4) is 11.5 Å². The van der Waals surface area contributed by atoms with Gasteiger partial charge in [0.1, 0.15) is 5.82 Å². The summed E-state index contributed by atoms with van der Waals surface area (Å²) < 4.78 is 18.9. The number of hydrogen-bond donors (Lipinski definition) is 0. The van der Waals surface area contributed by atoms with Gasteiger partial charge in [-0.05, 0) is 74.5 Å². The van der Waals surface area contributed by atoms with Crippen molar-refractivity contribution in [2.24, 2.45) is 0 Å². The Kier molecular flexibility index (Phi) is 5.50. The van der Waals surface area contributed by atoms with E-state index in [0.717, 1.165) is 25.9 Å². The Bertz CT molecular complexity index is 949. The third-order valence-corrected chi connectivity index (χ3v) is 5.25. The maximum absolute atomic E-state index is 13.1. The molecule has 0 N–H and O–H groups in total. The lowest BCUT2D eigenvalue weighted by Crippen LogP contribution is -2.36. The van der Waals surface area contributed by atoms with Crippen LogP contribution in [0, 0.1) is 5.82 Å². The van der Waals surface area contributed by atoms with Crippen molar-refractivity contribution in [2.75, 3.05) is 19.6 Å². The van der Waals surface area contributed by atoms with Crippen molar-refractivity contribution in [2.45, 2.75) is 18.8 Å². The largest absolute Gasteiger partial charge is 0.420 e. The Morgan fingerprint density at radius 2 is 1.75 bits per heavy atom. The van der Waals surface area contributed by atoms with E-state index >= 15 is 0 Å². The zero-order chi connectivity index (χ0) is 19.5. The number of likely N-dealkylation sites (tertiary alicyclic amines) is 1. The fraction of sp³-hybridized carbons (Fsp3) is 0.286. The van der Waals surface area contributed by atoms with Crippen molar-refractivity contribution >= 4 is 17.4 Å². The predicted molar refractivity (Wildman–Crippen MR) is 104 cm³/mol. The molecule has 2 aromatic carbocycles. The van der Waals surface area contributed by atoms with Crippen LogP contribution in [0.5, 0.6) is 0 Å². The van der Waals surface area contributed by atoms with Gasteiger partial charge in [0.25, 0.3) is 0 Å². The molecule has 0 unspecified atom stereocenters. The van der Waals surface area contributed by atoms with Gasteiger partial charge < -0.3 is 4.42 Å². The van der Waals surface area contributed by atoms with E-state index in [1.54, 1.807) is 36.4 Å². The van der Waals surface area contributed by atoms with Crippen molar-refractivity contribution in [3.63, 3.8) is 0 Å². The lowest BCUT2D eigenvalue weighted by molar-refractivity contribution is 0.0906. The number of carbonyl (C=O) groups excluding carboxylic acids is 1. The van der Waals surface area contributed by atoms with Gasteiger partial charge >= 0.3 is 0 Å². The Morgan fingerprint density at radius 3 is 2.43 bits per heavy atom. The molecule has 0 amide bonds. The lowest BCUT2D eigenvalue weighted by Gasteiger charge is -2.29. The molecule has 1 aliphatic rings. The fourth-order valence-corrected chi connectivity index (χ4v) is 3.50. The highest BCUT2D eigenvalue weighted by Crippen LogP contribution is 2.29. The number of piperidine rings is 1. The molecule has 0 radical (unpaired) electrons. The van der Waals surface area contributed by atoms with Crippen molar-refractivity contribution in [3.05, 3.63) is 70.8 Å². The van der Waals surface area contributed by atoms with Gasteiger partial charge in [-0.2, -0.15) is 0 Å². The molecular formula is C21H19ClFN3O2. The summed E-state index contributed by atoms with van der Waals surface area (Å²) in [5.41, 5.74) is 1.37. The molecular weight excluding hydrogens is 381 g/mol. The average Bonchev–Trinajstić information content (AvgIpc) is 3.20. The number of carbonyl (C=O) groups is 1. The lowest BCUT2D eigenvalue weighted by atomic mass is 9.96. The van der Waals surface area contributed by atoms with E-state index in [0.29, 0.717) is 34.5 Å². The average molecular weight is 400 g/mol. The van der Waals surface area contributed by atoms with E-state index in [1.165, 1.54) is 12.1 Å². The smallest absolute Gasteiger partial charge is 0.247 e. The molecule has 7 heteroatoms. The molecule has 1 aromatic heterocycles. The monoisotopic (exact) mass is 399 g/mol. The van der Waals surface area contributed by atoms with Crippen LogP contribution in [0.1, 0.15) is 35.0 Å². The molecule has 1 fully saturated rings. The number of nitrogens with zero attached hydrogens (tertiary/aromatic N) is 3. The van der Waals surface area contributed by atoms with Crippen LogP contribution >= 0.6 is 11.6 Å². The first kappa shape index (κ1) is 18.8. The van der Waals surface area contributed by atoms with E-state index < -0.39 is 0 Å². The van der Waals surface area contributed by atoms with Crippen molar-refractivity contribution < 1.29 is 13.6 Å². The van der Waals surface area contributed by atoms with Gasteiger partial charge in [-0.3, -0.25) is 9.69 Å². The maximum atomic E-state index is 13.1. The highest BCUT2D eigenvalue weighted by atomic mass is 35.5. The molecule has 0 bridgehead atoms. The molecule has 1 saturated heterocycles. The number of rotatable bonds is 5. The van der Waals surface area contributed by atoms with E-state index in [2.05, 4.69) is 15.1 Å². The van der Waals surface area contributed by atoms with Crippen LogP contribution in [0.2, 0.25) is 5.02 Å². The predicted octanol–water partition coefficient (Wildman–Crippen LogP) is 4.59. The minimum absolute atomic E-state index is 0.0894. The SMILES string of the molecule is O=C(CN1CCC(c2nnc(-c3ccc(F)cc3)o2)CC1)c1ccc(Cl)cc1. The molecule has 0 spiro atoms. The van der Waals surface area contributed by atoms with Gasteiger partial charge in [0.05, 0.1) is 6.54 Å². The highest BCUT2D eigenvalue weighted by Gasteiger charge is 2.26. The molecule has 3 aromatic rings.